The van der Waals surface area contributed by atoms with Crippen molar-refractivity contribution >= 4 is 40.5 Å². The van der Waals surface area contributed by atoms with Crippen molar-refractivity contribution in [3.8, 4) is 11.3 Å². The molecule has 1 heterocycles. The van der Waals surface area contributed by atoms with Crippen LogP contribution >= 0.6 is 23.2 Å². The van der Waals surface area contributed by atoms with E-state index in [1.54, 1.807) is 24.3 Å². The maximum Gasteiger partial charge on any atom is 0.291 e. The summed E-state index contributed by atoms with van der Waals surface area (Å²) in [6.45, 7) is 0. The number of nitrogens with one attached hydrogen (secondary N) is 1. The molecule has 0 atom stereocenters. The molecule has 24 heavy (non-hydrogen) atoms. The smallest absolute Gasteiger partial charge is 0.291 e. The fourth-order valence-electron chi connectivity index (χ4n) is 2.09. The zero-order valence-electron chi connectivity index (χ0n) is 12.1. The number of nitrogen functional groups attached to an aromatic ring is 1. The van der Waals surface area contributed by atoms with Gasteiger partial charge in [-0.15, -0.1) is 0 Å². The lowest BCUT2D eigenvalue weighted by Gasteiger charge is -2.06. The molecule has 1 amide bonds. The highest BCUT2D eigenvalue weighted by Crippen LogP contribution is 2.28. The number of anilines is 2. The van der Waals surface area contributed by atoms with Gasteiger partial charge in [0, 0.05) is 11.3 Å². The Labute approximate surface area is 147 Å². The van der Waals surface area contributed by atoms with Crippen molar-refractivity contribution in [2.75, 3.05) is 11.1 Å². The molecule has 0 radical (unpaired) electrons. The zero-order chi connectivity index (χ0) is 17.3. The van der Waals surface area contributed by atoms with E-state index in [1.807, 2.05) is 0 Å². The highest BCUT2D eigenvalue weighted by molar-refractivity contribution is 6.34. The summed E-state index contributed by atoms with van der Waals surface area (Å²) in [5, 5.41) is 2.95. The van der Waals surface area contributed by atoms with E-state index < -0.39 is 11.7 Å². The third kappa shape index (κ3) is 3.37. The predicted molar refractivity (Wildman–Crippen MR) is 92.9 cm³/mol. The van der Waals surface area contributed by atoms with E-state index >= 15 is 0 Å². The van der Waals surface area contributed by atoms with Crippen molar-refractivity contribution in [2.45, 2.75) is 0 Å². The van der Waals surface area contributed by atoms with E-state index in [2.05, 4.69) is 5.32 Å². The Hall–Kier alpha value is -2.50. The molecule has 0 saturated carbocycles. The van der Waals surface area contributed by atoms with Gasteiger partial charge in [0.15, 0.2) is 5.76 Å². The van der Waals surface area contributed by atoms with Gasteiger partial charge < -0.3 is 15.5 Å². The zero-order valence-corrected chi connectivity index (χ0v) is 13.7. The molecule has 4 nitrogen and oxygen atoms in total. The van der Waals surface area contributed by atoms with Gasteiger partial charge in [-0.25, -0.2) is 4.39 Å². The van der Waals surface area contributed by atoms with E-state index in [9.17, 15) is 9.18 Å². The highest BCUT2D eigenvalue weighted by atomic mass is 35.5. The number of carbonyl (C=O) groups is 1. The molecule has 0 fully saturated rings. The molecular formula is C17H11Cl2FN2O2. The first-order chi connectivity index (χ1) is 11.4. The lowest BCUT2D eigenvalue weighted by atomic mass is 10.2. The lowest BCUT2D eigenvalue weighted by molar-refractivity contribution is 0.0997. The minimum atomic E-state index is -0.527. The third-order valence-electron chi connectivity index (χ3n) is 3.27. The van der Waals surface area contributed by atoms with Crippen LogP contribution < -0.4 is 11.1 Å². The molecule has 0 bridgehead atoms. The molecule has 1 aromatic heterocycles. The second-order valence-electron chi connectivity index (χ2n) is 4.99. The predicted octanol–water partition coefficient (Wildman–Crippen LogP) is 5.23. The largest absolute Gasteiger partial charge is 0.451 e. The second kappa shape index (κ2) is 6.55. The van der Waals surface area contributed by atoms with E-state index in [4.69, 9.17) is 33.4 Å². The number of nitrogens with two attached hydrogens (primary N) is 1. The third-order valence-corrected chi connectivity index (χ3v) is 3.89. The van der Waals surface area contributed by atoms with Crippen LogP contribution in [0, 0.1) is 5.82 Å². The van der Waals surface area contributed by atoms with Gasteiger partial charge in [-0.05, 0) is 48.5 Å². The quantitative estimate of drug-likeness (QED) is 0.625. The Kier molecular flexibility index (Phi) is 4.46. The van der Waals surface area contributed by atoms with E-state index in [-0.39, 0.29) is 10.8 Å². The number of furan rings is 1. The average Bonchev–Trinajstić information content (AvgIpc) is 3.03. The number of benzene rings is 2. The summed E-state index contributed by atoms with van der Waals surface area (Å²) in [5.41, 5.74) is 7.08. The molecule has 3 aromatic rings. The summed E-state index contributed by atoms with van der Waals surface area (Å²) in [6, 6.07) is 12.0. The van der Waals surface area contributed by atoms with Crippen LogP contribution in [0.1, 0.15) is 10.6 Å². The van der Waals surface area contributed by atoms with Crippen LogP contribution in [0.4, 0.5) is 15.8 Å². The van der Waals surface area contributed by atoms with Gasteiger partial charge in [0.2, 0.25) is 0 Å². The Balaban J connectivity index is 1.83. The van der Waals surface area contributed by atoms with Crippen molar-refractivity contribution in [3.05, 3.63) is 70.2 Å². The van der Waals surface area contributed by atoms with Gasteiger partial charge in [-0.2, -0.15) is 0 Å². The highest BCUT2D eigenvalue weighted by Gasteiger charge is 2.15. The molecule has 0 aliphatic rings. The number of carbonyl (C=O) groups excluding carboxylic acids is 1. The van der Waals surface area contributed by atoms with E-state index in [0.29, 0.717) is 27.7 Å². The number of hydrogen-bond acceptors (Lipinski definition) is 3. The van der Waals surface area contributed by atoms with Crippen LogP contribution in [0.15, 0.2) is 52.9 Å². The summed E-state index contributed by atoms with van der Waals surface area (Å²) in [6.07, 6.45) is 0. The summed E-state index contributed by atoms with van der Waals surface area (Å²) in [4.78, 5) is 12.3. The molecule has 2 aromatic carbocycles. The average molecular weight is 365 g/mol. The Morgan fingerprint density at radius 1 is 1.04 bits per heavy atom. The normalized spacial score (nSPS) is 10.6. The minimum absolute atomic E-state index is 0.0264. The molecule has 0 saturated heterocycles. The van der Waals surface area contributed by atoms with Crippen molar-refractivity contribution < 1.29 is 13.6 Å². The molecule has 122 valence electrons. The van der Waals surface area contributed by atoms with Crippen LogP contribution in [0.25, 0.3) is 11.3 Å². The van der Waals surface area contributed by atoms with Crippen molar-refractivity contribution in [1.29, 1.82) is 0 Å². The van der Waals surface area contributed by atoms with Gasteiger partial charge in [-0.1, -0.05) is 23.2 Å². The first-order valence-corrected chi connectivity index (χ1v) is 7.61. The van der Waals surface area contributed by atoms with Crippen LogP contribution in [0.2, 0.25) is 10.0 Å². The molecule has 3 N–H and O–H groups in total. The maximum atomic E-state index is 13.2. The van der Waals surface area contributed by atoms with Gasteiger partial charge in [0.05, 0.1) is 15.7 Å². The lowest BCUT2D eigenvalue weighted by Crippen LogP contribution is -2.11. The van der Waals surface area contributed by atoms with Crippen molar-refractivity contribution in [3.63, 3.8) is 0 Å². The summed E-state index contributed by atoms with van der Waals surface area (Å²) >= 11 is 11.8. The first-order valence-electron chi connectivity index (χ1n) is 6.85. The van der Waals surface area contributed by atoms with Crippen molar-refractivity contribution in [1.82, 2.24) is 0 Å². The van der Waals surface area contributed by atoms with Crippen LogP contribution in [-0.4, -0.2) is 5.91 Å². The van der Waals surface area contributed by atoms with Crippen LogP contribution in [0.3, 0.4) is 0 Å². The fourth-order valence-corrected chi connectivity index (χ4v) is 2.43. The Morgan fingerprint density at radius 3 is 2.58 bits per heavy atom. The number of rotatable bonds is 3. The van der Waals surface area contributed by atoms with Gasteiger partial charge in [0.1, 0.15) is 11.6 Å². The number of halogens is 3. The van der Waals surface area contributed by atoms with E-state index in [0.717, 1.165) is 0 Å². The molecular weight excluding hydrogens is 354 g/mol. The number of amides is 1. The fraction of sp³-hybridized carbons (Fsp3) is 0. The molecule has 3 rings (SSSR count). The van der Waals surface area contributed by atoms with Gasteiger partial charge >= 0.3 is 0 Å². The molecule has 7 heteroatoms. The summed E-state index contributed by atoms with van der Waals surface area (Å²) in [7, 11) is 0. The van der Waals surface area contributed by atoms with Gasteiger partial charge in [0.25, 0.3) is 5.91 Å². The standard InChI is InChI=1S/C17H11Cl2FN2O2/c18-11-3-2-10(21)8-14(11)22-17(23)16-6-5-15(24-16)9-1-4-13(20)12(19)7-9/h1-8H,21H2,(H,22,23). The topological polar surface area (TPSA) is 68.3 Å². The second-order valence-corrected chi connectivity index (χ2v) is 5.80. The SMILES string of the molecule is Nc1ccc(Cl)c(NC(=O)c2ccc(-c3ccc(F)c(Cl)c3)o2)c1. The Morgan fingerprint density at radius 2 is 1.83 bits per heavy atom. The Bertz CT molecular complexity index is 925. The number of hydrogen-bond donors (Lipinski definition) is 2. The molecule has 0 aliphatic heterocycles. The summed E-state index contributed by atoms with van der Waals surface area (Å²) < 4.78 is 18.7. The first kappa shape index (κ1) is 16.4. The molecule has 0 aliphatic carbocycles. The van der Waals surface area contributed by atoms with Gasteiger partial charge in [-0.3, -0.25) is 4.79 Å². The molecule has 0 spiro atoms. The molecule has 0 unspecified atom stereocenters. The maximum absolute atomic E-state index is 13.2. The van der Waals surface area contributed by atoms with E-state index in [1.165, 1.54) is 24.3 Å². The van der Waals surface area contributed by atoms with Crippen LogP contribution in [-0.2, 0) is 0 Å². The monoisotopic (exact) mass is 364 g/mol. The summed E-state index contributed by atoms with van der Waals surface area (Å²) in [5.74, 6) is -0.548. The minimum Gasteiger partial charge on any atom is -0.451 e. The van der Waals surface area contributed by atoms with Crippen LogP contribution in [0.5, 0.6) is 0 Å². The van der Waals surface area contributed by atoms with Crippen molar-refractivity contribution in [2.24, 2.45) is 0 Å².